The van der Waals surface area contributed by atoms with Crippen molar-refractivity contribution >= 4 is 10.0 Å². The lowest BCUT2D eigenvalue weighted by Gasteiger charge is -2.31. The van der Waals surface area contributed by atoms with Crippen LogP contribution in [0.3, 0.4) is 0 Å². The van der Waals surface area contributed by atoms with Crippen LogP contribution < -0.4 is 0 Å². The van der Waals surface area contributed by atoms with E-state index < -0.39 is 10.0 Å². The van der Waals surface area contributed by atoms with Crippen LogP contribution in [0, 0.1) is 11.3 Å². The molecule has 1 aliphatic rings. The number of hydrogen-bond acceptors (Lipinski definition) is 4. The number of rotatable bonds is 6. The molecular formula is C12H25NO4S. The zero-order valence-electron chi connectivity index (χ0n) is 11.6. The van der Waals surface area contributed by atoms with Gasteiger partial charge in [0.1, 0.15) is 0 Å². The molecule has 0 amide bonds. The van der Waals surface area contributed by atoms with Crippen LogP contribution in [-0.4, -0.2) is 57.0 Å². The van der Waals surface area contributed by atoms with Crippen LogP contribution in [0.2, 0.25) is 0 Å². The molecule has 0 spiro atoms. The Hall–Kier alpha value is -0.170. The van der Waals surface area contributed by atoms with Gasteiger partial charge in [0.2, 0.25) is 10.0 Å². The third kappa shape index (κ3) is 5.22. The van der Waals surface area contributed by atoms with Crippen molar-refractivity contribution in [1.82, 2.24) is 4.31 Å². The first-order chi connectivity index (χ1) is 8.24. The molecule has 108 valence electrons. The van der Waals surface area contributed by atoms with Crippen LogP contribution in [0.5, 0.6) is 0 Å². The zero-order valence-corrected chi connectivity index (χ0v) is 12.4. The molecule has 1 aliphatic heterocycles. The third-order valence-electron chi connectivity index (χ3n) is 3.23. The molecule has 0 aromatic carbocycles. The van der Waals surface area contributed by atoms with Crippen molar-refractivity contribution in [3.05, 3.63) is 0 Å². The quantitative estimate of drug-likeness (QED) is 0.777. The van der Waals surface area contributed by atoms with E-state index in [-0.39, 0.29) is 17.9 Å². The summed E-state index contributed by atoms with van der Waals surface area (Å²) in [5.41, 5.74) is -0.231. The summed E-state index contributed by atoms with van der Waals surface area (Å²) in [6.45, 7) is 6.21. The Morgan fingerprint density at radius 1 is 1.44 bits per heavy atom. The second kappa shape index (κ2) is 6.32. The number of ether oxygens (including phenoxy) is 1. The van der Waals surface area contributed by atoms with Gasteiger partial charge < -0.3 is 9.84 Å². The van der Waals surface area contributed by atoms with Crippen molar-refractivity contribution < 1.29 is 18.3 Å². The van der Waals surface area contributed by atoms with Gasteiger partial charge in [-0.25, -0.2) is 12.7 Å². The van der Waals surface area contributed by atoms with Gasteiger partial charge in [-0.3, -0.25) is 0 Å². The minimum Gasteiger partial charge on any atom is -0.396 e. The molecule has 5 nitrogen and oxygen atoms in total. The highest BCUT2D eigenvalue weighted by atomic mass is 32.2. The van der Waals surface area contributed by atoms with Crippen molar-refractivity contribution in [3.8, 4) is 0 Å². The summed E-state index contributed by atoms with van der Waals surface area (Å²) in [7, 11) is -3.08. The molecule has 1 atom stereocenters. The minimum atomic E-state index is -3.08. The van der Waals surface area contributed by atoms with Crippen molar-refractivity contribution in [2.75, 3.05) is 39.2 Å². The molecule has 1 unspecified atom stereocenters. The average molecular weight is 279 g/mol. The number of sulfonamides is 1. The summed E-state index contributed by atoms with van der Waals surface area (Å²) in [5, 5.41) is 9.11. The Bertz CT molecular complexity index is 353. The summed E-state index contributed by atoms with van der Waals surface area (Å²) < 4.78 is 30.1. The number of aliphatic hydroxyl groups is 1. The Kier molecular flexibility index (Phi) is 5.58. The van der Waals surface area contributed by atoms with Crippen molar-refractivity contribution in [2.24, 2.45) is 11.3 Å². The molecule has 0 aliphatic carbocycles. The van der Waals surface area contributed by atoms with Crippen LogP contribution >= 0.6 is 0 Å². The average Bonchev–Trinajstić information content (AvgIpc) is 2.28. The summed E-state index contributed by atoms with van der Waals surface area (Å²) in [5.74, 6) is 0.267. The van der Waals surface area contributed by atoms with E-state index in [1.165, 1.54) is 10.6 Å². The Morgan fingerprint density at radius 2 is 2.11 bits per heavy atom. The first-order valence-electron chi connectivity index (χ1n) is 6.38. The van der Waals surface area contributed by atoms with E-state index >= 15 is 0 Å². The van der Waals surface area contributed by atoms with Gasteiger partial charge in [0.25, 0.3) is 0 Å². The Morgan fingerprint density at radius 3 is 2.67 bits per heavy atom. The van der Waals surface area contributed by atoms with E-state index in [1.54, 1.807) is 0 Å². The molecule has 1 heterocycles. The lowest BCUT2D eigenvalue weighted by molar-refractivity contribution is 0.00535. The fourth-order valence-corrected chi connectivity index (χ4v) is 2.95. The fourth-order valence-electron chi connectivity index (χ4n) is 2.01. The van der Waals surface area contributed by atoms with Gasteiger partial charge in [-0.2, -0.15) is 0 Å². The molecule has 1 saturated heterocycles. The highest BCUT2D eigenvalue weighted by molar-refractivity contribution is 7.88. The highest BCUT2D eigenvalue weighted by Crippen LogP contribution is 2.20. The lowest BCUT2D eigenvalue weighted by atomic mass is 9.96. The maximum absolute atomic E-state index is 11.5. The molecule has 6 heteroatoms. The molecule has 0 aromatic heterocycles. The van der Waals surface area contributed by atoms with Crippen molar-refractivity contribution in [1.29, 1.82) is 0 Å². The largest absolute Gasteiger partial charge is 0.396 e. The summed E-state index contributed by atoms with van der Waals surface area (Å²) in [4.78, 5) is 0. The number of aliphatic hydroxyl groups excluding tert-OH is 1. The topological polar surface area (TPSA) is 66.8 Å². The van der Waals surface area contributed by atoms with Crippen LogP contribution in [0.15, 0.2) is 0 Å². The third-order valence-corrected chi connectivity index (χ3v) is 4.49. The molecule has 1 rings (SSSR count). The first kappa shape index (κ1) is 15.9. The summed E-state index contributed by atoms with van der Waals surface area (Å²) in [6.07, 6.45) is 3.15. The van der Waals surface area contributed by atoms with E-state index in [0.717, 1.165) is 12.8 Å². The van der Waals surface area contributed by atoms with Crippen LogP contribution in [0.1, 0.15) is 26.7 Å². The molecular weight excluding hydrogens is 254 g/mol. The second-order valence-electron chi connectivity index (χ2n) is 5.97. The van der Waals surface area contributed by atoms with E-state index in [0.29, 0.717) is 26.3 Å². The van der Waals surface area contributed by atoms with Gasteiger partial charge >= 0.3 is 0 Å². The van der Waals surface area contributed by atoms with Gasteiger partial charge in [0.15, 0.2) is 0 Å². The van der Waals surface area contributed by atoms with Gasteiger partial charge in [0.05, 0.1) is 26.1 Å². The van der Waals surface area contributed by atoms with E-state index in [4.69, 9.17) is 9.84 Å². The van der Waals surface area contributed by atoms with Gasteiger partial charge in [-0.15, -0.1) is 0 Å². The van der Waals surface area contributed by atoms with Crippen LogP contribution in [0.25, 0.3) is 0 Å². The zero-order chi connectivity index (χ0) is 13.8. The minimum absolute atomic E-state index is 0.0904. The normalized spacial score (nSPS) is 23.2. The Labute approximate surface area is 110 Å². The Balaban J connectivity index is 2.35. The number of hydrogen-bond donors (Lipinski definition) is 1. The standard InChI is InChI=1S/C12H25NO4S/c1-12(2,9-14)10-17-8-11-5-4-6-13(7-11)18(3,15)16/h11,14H,4-10H2,1-3H3. The number of piperidine rings is 1. The van der Waals surface area contributed by atoms with E-state index in [9.17, 15) is 8.42 Å². The molecule has 18 heavy (non-hydrogen) atoms. The monoisotopic (exact) mass is 279 g/mol. The molecule has 0 radical (unpaired) electrons. The number of nitrogens with zero attached hydrogens (tertiary/aromatic N) is 1. The van der Waals surface area contributed by atoms with Crippen molar-refractivity contribution in [3.63, 3.8) is 0 Å². The second-order valence-corrected chi connectivity index (χ2v) is 7.95. The van der Waals surface area contributed by atoms with E-state index in [1.807, 2.05) is 13.8 Å². The maximum atomic E-state index is 11.5. The van der Waals surface area contributed by atoms with Crippen LogP contribution in [0.4, 0.5) is 0 Å². The molecule has 0 saturated carbocycles. The highest BCUT2D eigenvalue weighted by Gasteiger charge is 2.26. The smallest absolute Gasteiger partial charge is 0.211 e. The summed E-state index contributed by atoms with van der Waals surface area (Å²) >= 11 is 0. The van der Waals surface area contributed by atoms with Gasteiger partial charge in [0, 0.05) is 18.5 Å². The molecule has 1 N–H and O–H groups in total. The predicted octanol–water partition coefficient (Wildman–Crippen LogP) is 0.693. The molecule has 0 bridgehead atoms. The van der Waals surface area contributed by atoms with Gasteiger partial charge in [-0.05, 0) is 18.8 Å². The van der Waals surface area contributed by atoms with E-state index in [2.05, 4.69) is 0 Å². The first-order valence-corrected chi connectivity index (χ1v) is 8.23. The van der Waals surface area contributed by atoms with Crippen LogP contribution in [-0.2, 0) is 14.8 Å². The SMILES string of the molecule is CC(C)(CO)COCC1CCCN(S(C)(=O)=O)C1. The molecule has 0 aromatic rings. The maximum Gasteiger partial charge on any atom is 0.211 e. The predicted molar refractivity (Wildman–Crippen MR) is 70.8 cm³/mol. The summed E-state index contributed by atoms with van der Waals surface area (Å²) in [6, 6.07) is 0. The van der Waals surface area contributed by atoms with Crippen molar-refractivity contribution in [2.45, 2.75) is 26.7 Å². The fraction of sp³-hybridized carbons (Fsp3) is 1.00. The molecule has 1 fully saturated rings. The lowest BCUT2D eigenvalue weighted by Crippen LogP contribution is -2.41. The van der Waals surface area contributed by atoms with Gasteiger partial charge in [-0.1, -0.05) is 13.8 Å².